The lowest BCUT2D eigenvalue weighted by molar-refractivity contribution is -0.0434. The Kier molecular flexibility index (Phi) is 6.55. The van der Waals surface area contributed by atoms with E-state index in [-0.39, 0.29) is 13.2 Å². The Labute approximate surface area is 93.1 Å². The molecule has 3 nitrogen and oxygen atoms in total. The van der Waals surface area contributed by atoms with Crippen LogP contribution in [0.3, 0.4) is 0 Å². The minimum atomic E-state index is -0.717. The van der Waals surface area contributed by atoms with E-state index in [1.165, 1.54) is 0 Å². The summed E-state index contributed by atoms with van der Waals surface area (Å²) in [4.78, 5) is 0. The van der Waals surface area contributed by atoms with Crippen LogP contribution in [0.1, 0.15) is 40.5 Å². The maximum absolute atomic E-state index is 9.24. The molecule has 0 aliphatic carbocycles. The third-order valence-corrected chi connectivity index (χ3v) is 2.15. The Balaban J connectivity index is 4.54. The normalized spacial score (nSPS) is 12.1. The summed E-state index contributed by atoms with van der Waals surface area (Å²) in [6.07, 6.45) is 1.45. The second kappa shape index (κ2) is 6.81. The highest BCUT2D eigenvalue weighted by molar-refractivity contribution is 5.02. The zero-order valence-corrected chi connectivity index (χ0v) is 10.3. The number of nitrogens with zero attached hydrogens (tertiary/aromatic N) is 1. The van der Waals surface area contributed by atoms with Crippen molar-refractivity contribution in [3.05, 3.63) is 0 Å². The van der Waals surface area contributed by atoms with Crippen LogP contribution in [0.5, 0.6) is 0 Å². The molecule has 15 heavy (non-hydrogen) atoms. The molecule has 88 valence electrons. The molecule has 3 heteroatoms. The number of aliphatic hydroxyl groups is 1. The van der Waals surface area contributed by atoms with Crippen LogP contribution >= 0.6 is 0 Å². The molecule has 0 atom stereocenters. The number of hydrogen-bond donors (Lipinski definition) is 1. The molecule has 0 heterocycles. The van der Waals surface area contributed by atoms with Crippen molar-refractivity contribution in [2.24, 2.45) is 11.8 Å². The summed E-state index contributed by atoms with van der Waals surface area (Å²) >= 11 is 0. The molecule has 0 spiro atoms. The molecule has 0 aliphatic heterocycles. The molecule has 1 N–H and O–H groups in total. The lowest BCUT2D eigenvalue weighted by Gasteiger charge is -2.30. The van der Waals surface area contributed by atoms with E-state index in [0.29, 0.717) is 11.8 Å². The van der Waals surface area contributed by atoms with Crippen molar-refractivity contribution in [2.75, 3.05) is 13.2 Å². The summed E-state index contributed by atoms with van der Waals surface area (Å²) in [5, 5.41) is 18.0. The lowest BCUT2D eigenvalue weighted by atomic mass is 9.86. The van der Waals surface area contributed by atoms with Crippen LogP contribution in [-0.2, 0) is 4.74 Å². The van der Waals surface area contributed by atoms with Gasteiger partial charge in [-0.05, 0) is 24.7 Å². The van der Waals surface area contributed by atoms with Crippen LogP contribution in [0, 0.1) is 23.2 Å². The van der Waals surface area contributed by atoms with E-state index in [2.05, 4.69) is 33.8 Å². The molecule has 0 amide bonds. The van der Waals surface area contributed by atoms with Crippen LogP contribution in [-0.4, -0.2) is 23.9 Å². The van der Waals surface area contributed by atoms with E-state index >= 15 is 0 Å². The van der Waals surface area contributed by atoms with Gasteiger partial charge in [-0.15, -0.1) is 0 Å². The second-order valence-corrected chi connectivity index (χ2v) is 4.87. The third-order valence-electron chi connectivity index (χ3n) is 2.15. The van der Waals surface area contributed by atoms with E-state index in [1.807, 2.05) is 0 Å². The predicted molar refractivity (Wildman–Crippen MR) is 60.3 cm³/mol. The summed E-state index contributed by atoms with van der Waals surface area (Å²) in [6, 6.07) is 2.28. The highest BCUT2D eigenvalue weighted by atomic mass is 16.5. The Hall–Kier alpha value is -0.590. The minimum absolute atomic E-state index is 0.0282. The van der Waals surface area contributed by atoms with Gasteiger partial charge in [-0.25, -0.2) is 0 Å². The van der Waals surface area contributed by atoms with Crippen molar-refractivity contribution >= 4 is 0 Å². The second-order valence-electron chi connectivity index (χ2n) is 4.87. The molecule has 0 unspecified atom stereocenters. The molecular weight excluding hydrogens is 190 g/mol. The van der Waals surface area contributed by atoms with Crippen molar-refractivity contribution in [1.29, 1.82) is 5.26 Å². The van der Waals surface area contributed by atoms with Crippen LogP contribution in [0.15, 0.2) is 0 Å². The molecule has 0 radical (unpaired) electrons. The van der Waals surface area contributed by atoms with Gasteiger partial charge in [0.05, 0.1) is 19.3 Å². The van der Waals surface area contributed by atoms with E-state index in [1.54, 1.807) is 0 Å². The van der Waals surface area contributed by atoms with Crippen molar-refractivity contribution in [2.45, 2.75) is 46.1 Å². The third kappa shape index (κ3) is 5.76. The highest BCUT2D eigenvalue weighted by Crippen LogP contribution is 2.28. The van der Waals surface area contributed by atoms with E-state index in [4.69, 9.17) is 9.84 Å². The van der Waals surface area contributed by atoms with Gasteiger partial charge in [0, 0.05) is 0 Å². The molecule has 0 aliphatic rings. The van der Waals surface area contributed by atoms with Gasteiger partial charge in [-0.2, -0.15) is 5.26 Å². The summed E-state index contributed by atoms with van der Waals surface area (Å²) in [7, 11) is 0. The van der Waals surface area contributed by atoms with Gasteiger partial charge >= 0.3 is 0 Å². The number of ether oxygens (including phenoxy) is 1. The van der Waals surface area contributed by atoms with Crippen LogP contribution < -0.4 is 0 Å². The van der Waals surface area contributed by atoms with Gasteiger partial charge in [0.2, 0.25) is 0 Å². The molecule has 0 saturated carbocycles. The van der Waals surface area contributed by atoms with E-state index in [9.17, 15) is 5.26 Å². The topological polar surface area (TPSA) is 53.2 Å². The fourth-order valence-corrected chi connectivity index (χ4v) is 1.88. The maximum atomic E-state index is 9.24. The van der Waals surface area contributed by atoms with Crippen molar-refractivity contribution in [3.8, 4) is 6.07 Å². The first kappa shape index (κ1) is 14.4. The molecule has 0 bridgehead atoms. The van der Waals surface area contributed by atoms with Gasteiger partial charge in [0.1, 0.15) is 0 Å². The fraction of sp³-hybridized carbons (Fsp3) is 0.917. The fourth-order valence-electron chi connectivity index (χ4n) is 1.88. The molecule has 0 aromatic heterocycles. The zero-order valence-electron chi connectivity index (χ0n) is 10.3. The Morgan fingerprint density at radius 3 is 1.93 bits per heavy atom. The largest absolute Gasteiger partial charge is 0.394 e. The monoisotopic (exact) mass is 213 g/mol. The Morgan fingerprint density at radius 1 is 1.20 bits per heavy atom. The summed E-state index contributed by atoms with van der Waals surface area (Å²) in [6.45, 7) is 8.53. The zero-order chi connectivity index (χ0) is 11.9. The van der Waals surface area contributed by atoms with Crippen LogP contribution in [0.25, 0.3) is 0 Å². The maximum Gasteiger partial charge on any atom is 0.154 e. The first-order valence-electron chi connectivity index (χ1n) is 5.62. The molecule has 0 fully saturated rings. The Morgan fingerprint density at radius 2 is 1.67 bits per heavy atom. The van der Waals surface area contributed by atoms with Gasteiger partial charge < -0.3 is 9.84 Å². The predicted octanol–water partition coefficient (Wildman–Crippen LogP) is 2.35. The van der Waals surface area contributed by atoms with Crippen molar-refractivity contribution in [3.63, 3.8) is 0 Å². The highest BCUT2D eigenvalue weighted by Gasteiger charge is 2.32. The summed E-state index contributed by atoms with van der Waals surface area (Å²) in [5.74, 6) is 0.837. The Bertz CT molecular complexity index is 196. The van der Waals surface area contributed by atoms with Crippen molar-refractivity contribution < 1.29 is 9.84 Å². The number of hydrogen-bond acceptors (Lipinski definition) is 3. The summed E-state index contributed by atoms with van der Waals surface area (Å²) < 4.78 is 5.54. The molecule has 0 aromatic carbocycles. The van der Waals surface area contributed by atoms with Gasteiger partial charge in [0.25, 0.3) is 0 Å². The standard InChI is InChI=1S/C12H23NO2/c1-10(2)7-12(9-13,8-11(3)4)15-6-5-14/h10-11,14H,5-8H2,1-4H3. The van der Waals surface area contributed by atoms with Gasteiger partial charge in [-0.3, -0.25) is 0 Å². The van der Waals surface area contributed by atoms with Crippen molar-refractivity contribution in [1.82, 2.24) is 0 Å². The number of aliphatic hydroxyl groups excluding tert-OH is 1. The van der Waals surface area contributed by atoms with Crippen LogP contribution in [0.2, 0.25) is 0 Å². The molecule has 0 saturated heterocycles. The van der Waals surface area contributed by atoms with Gasteiger partial charge in [-0.1, -0.05) is 27.7 Å². The quantitative estimate of drug-likeness (QED) is 0.706. The minimum Gasteiger partial charge on any atom is -0.394 e. The summed E-state index contributed by atoms with van der Waals surface area (Å²) in [5.41, 5.74) is -0.717. The molecule has 0 rings (SSSR count). The smallest absolute Gasteiger partial charge is 0.154 e. The average Bonchev–Trinajstić information content (AvgIpc) is 2.12. The number of nitriles is 1. The van der Waals surface area contributed by atoms with Gasteiger partial charge in [0.15, 0.2) is 5.60 Å². The SMILES string of the molecule is CC(C)CC(C#N)(CC(C)C)OCCO. The first-order chi connectivity index (χ1) is 6.95. The molecular formula is C12H23NO2. The lowest BCUT2D eigenvalue weighted by Crippen LogP contribution is -2.35. The average molecular weight is 213 g/mol. The molecule has 0 aromatic rings. The first-order valence-corrected chi connectivity index (χ1v) is 5.62. The number of rotatable bonds is 7. The van der Waals surface area contributed by atoms with Crippen LogP contribution in [0.4, 0.5) is 0 Å². The van der Waals surface area contributed by atoms with E-state index < -0.39 is 5.60 Å². The van der Waals surface area contributed by atoms with E-state index in [0.717, 1.165) is 12.8 Å².